The SMILES string of the molecule is COc1ccc(C(=O)Nc2ccc(Oc3ccccc3C(C)C)nc2)cc1. The third kappa shape index (κ3) is 4.64. The minimum absolute atomic E-state index is 0.210. The molecule has 0 saturated heterocycles. The second-order valence-corrected chi connectivity index (χ2v) is 6.36. The van der Waals surface area contributed by atoms with Gasteiger partial charge in [-0.1, -0.05) is 32.0 Å². The van der Waals surface area contributed by atoms with E-state index in [4.69, 9.17) is 9.47 Å². The Morgan fingerprint density at radius 2 is 1.74 bits per heavy atom. The van der Waals surface area contributed by atoms with Crippen molar-refractivity contribution >= 4 is 11.6 Å². The number of aromatic nitrogens is 1. The first-order chi connectivity index (χ1) is 13.1. The van der Waals surface area contributed by atoms with Crippen LogP contribution >= 0.6 is 0 Å². The van der Waals surface area contributed by atoms with Gasteiger partial charge in [0.1, 0.15) is 11.5 Å². The van der Waals surface area contributed by atoms with Crippen molar-refractivity contribution in [3.8, 4) is 17.4 Å². The summed E-state index contributed by atoms with van der Waals surface area (Å²) in [7, 11) is 1.59. The molecule has 0 atom stereocenters. The summed E-state index contributed by atoms with van der Waals surface area (Å²) < 4.78 is 11.0. The zero-order valence-electron chi connectivity index (χ0n) is 15.6. The first-order valence-electron chi connectivity index (χ1n) is 8.75. The molecule has 5 nitrogen and oxygen atoms in total. The van der Waals surface area contributed by atoms with Crippen LogP contribution in [-0.4, -0.2) is 18.0 Å². The van der Waals surface area contributed by atoms with E-state index in [1.54, 1.807) is 49.7 Å². The molecule has 1 heterocycles. The molecule has 0 aliphatic rings. The normalized spacial score (nSPS) is 10.5. The van der Waals surface area contributed by atoms with Gasteiger partial charge in [0.05, 0.1) is 19.0 Å². The van der Waals surface area contributed by atoms with Crippen LogP contribution in [0, 0.1) is 0 Å². The average Bonchev–Trinajstić information content (AvgIpc) is 2.70. The summed E-state index contributed by atoms with van der Waals surface area (Å²) in [6.07, 6.45) is 1.58. The highest BCUT2D eigenvalue weighted by Gasteiger charge is 2.10. The van der Waals surface area contributed by atoms with E-state index < -0.39 is 0 Å². The van der Waals surface area contributed by atoms with Crippen molar-refractivity contribution in [2.75, 3.05) is 12.4 Å². The van der Waals surface area contributed by atoms with Gasteiger partial charge >= 0.3 is 0 Å². The van der Waals surface area contributed by atoms with Crippen molar-refractivity contribution in [2.24, 2.45) is 0 Å². The van der Waals surface area contributed by atoms with Crippen molar-refractivity contribution in [3.63, 3.8) is 0 Å². The third-order valence-corrected chi connectivity index (χ3v) is 4.10. The predicted molar refractivity (Wildman–Crippen MR) is 106 cm³/mol. The molecule has 0 saturated carbocycles. The monoisotopic (exact) mass is 362 g/mol. The van der Waals surface area contributed by atoms with Crippen LogP contribution in [0.25, 0.3) is 0 Å². The highest BCUT2D eigenvalue weighted by molar-refractivity contribution is 6.04. The van der Waals surface area contributed by atoms with Crippen LogP contribution in [-0.2, 0) is 0 Å². The highest BCUT2D eigenvalue weighted by atomic mass is 16.5. The maximum absolute atomic E-state index is 12.3. The van der Waals surface area contributed by atoms with Gasteiger partial charge in [0.25, 0.3) is 5.91 Å². The Morgan fingerprint density at radius 3 is 2.37 bits per heavy atom. The van der Waals surface area contributed by atoms with E-state index in [1.165, 1.54) is 0 Å². The number of rotatable bonds is 6. The van der Waals surface area contributed by atoms with E-state index in [0.717, 1.165) is 11.3 Å². The van der Waals surface area contributed by atoms with E-state index >= 15 is 0 Å². The van der Waals surface area contributed by atoms with Crippen LogP contribution in [0.1, 0.15) is 35.7 Å². The summed E-state index contributed by atoms with van der Waals surface area (Å²) in [5, 5.41) is 2.82. The Balaban J connectivity index is 1.67. The number of para-hydroxylation sites is 1. The molecule has 27 heavy (non-hydrogen) atoms. The predicted octanol–water partition coefficient (Wildman–Crippen LogP) is 5.26. The van der Waals surface area contributed by atoms with E-state index in [-0.39, 0.29) is 5.91 Å². The largest absolute Gasteiger partial charge is 0.497 e. The van der Waals surface area contributed by atoms with Gasteiger partial charge in [-0.3, -0.25) is 4.79 Å². The summed E-state index contributed by atoms with van der Waals surface area (Å²) in [6.45, 7) is 4.24. The molecule has 0 aliphatic heterocycles. The number of hydrogen-bond acceptors (Lipinski definition) is 4. The molecule has 0 bridgehead atoms. The number of hydrogen-bond donors (Lipinski definition) is 1. The second-order valence-electron chi connectivity index (χ2n) is 6.36. The zero-order valence-corrected chi connectivity index (χ0v) is 15.6. The zero-order chi connectivity index (χ0) is 19.2. The molecule has 0 radical (unpaired) electrons. The van der Waals surface area contributed by atoms with Gasteiger partial charge in [-0.25, -0.2) is 4.98 Å². The first kappa shape index (κ1) is 18.5. The van der Waals surface area contributed by atoms with Crippen LogP contribution < -0.4 is 14.8 Å². The topological polar surface area (TPSA) is 60.5 Å². The Labute approximate surface area is 159 Å². The molecular weight excluding hydrogens is 340 g/mol. The first-order valence-corrected chi connectivity index (χ1v) is 8.75. The molecular formula is C22H22N2O3. The number of carbonyl (C=O) groups excluding carboxylic acids is 1. The molecule has 1 aromatic heterocycles. The van der Waals surface area contributed by atoms with Crippen LogP contribution in [0.2, 0.25) is 0 Å². The smallest absolute Gasteiger partial charge is 0.255 e. The second kappa shape index (κ2) is 8.36. The lowest BCUT2D eigenvalue weighted by Crippen LogP contribution is -2.11. The molecule has 138 valence electrons. The Bertz CT molecular complexity index is 904. The summed E-state index contributed by atoms with van der Waals surface area (Å²) in [5.74, 6) is 2.11. The Morgan fingerprint density at radius 1 is 1.00 bits per heavy atom. The molecule has 1 N–H and O–H groups in total. The van der Waals surface area contributed by atoms with Crippen molar-refractivity contribution in [3.05, 3.63) is 78.0 Å². The summed E-state index contributed by atoms with van der Waals surface area (Å²) in [5.41, 5.74) is 2.26. The fraction of sp³-hybridized carbons (Fsp3) is 0.182. The molecule has 0 fully saturated rings. The average molecular weight is 362 g/mol. The number of carbonyl (C=O) groups is 1. The highest BCUT2D eigenvalue weighted by Crippen LogP contribution is 2.29. The number of methoxy groups -OCH3 is 1. The minimum Gasteiger partial charge on any atom is -0.497 e. The number of nitrogens with one attached hydrogen (secondary N) is 1. The molecule has 0 aliphatic carbocycles. The Hall–Kier alpha value is -3.34. The number of benzene rings is 2. The lowest BCUT2D eigenvalue weighted by molar-refractivity contribution is 0.102. The maximum Gasteiger partial charge on any atom is 0.255 e. The summed E-state index contributed by atoms with van der Waals surface area (Å²) in [6, 6.07) is 18.3. The van der Waals surface area contributed by atoms with Crippen molar-refractivity contribution in [1.82, 2.24) is 4.98 Å². The van der Waals surface area contributed by atoms with Crippen LogP contribution in [0.15, 0.2) is 66.9 Å². The lowest BCUT2D eigenvalue weighted by Gasteiger charge is -2.13. The summed E-state index contributed by atoms with van der Waals surface area (Å²) in [4.78, 5) is 16.6. The van der Waals surface area contributed by atoms with Gasteiger partial charge in [0.2, 0.25) is 5.88 Å². The third-order valence-electron chi connectivity index (χ3n) is 4.10. The molecule has 3 rings (SSSR count). The fourth-order valence-corrected chi connectivity index (χ4v) is 2.62. The van der Waals surface area contributed by atoms with Gasteiger partial charge in [0.15, 0.2) is 0 Å². The van der Waals surface area contributed by atoms with Crippen LogP contribution in [0.4, 0.5) is 5.69 Å². The number of ether oxygens (including phenoxy) is 2. The van der Waals surface area contributed by atoms with Crippen molar-refractivity contribution in [1.29, 1.82) is 0 Å². The van der Waals surface area contributed by atoms with Gasteiger partial charge in [-0.15, -0.1) is 0 Å². The quantitative estimate of drug-likeness (QED) is 0.650. The van der Waals surface area contributed by atoms with Gasteiger partial charge in [-0.2, -0.15) is 0 Å². The number of pyridine rings is 1. The van der Waals surface area contributed by atoms with E-state index in [9.17, 15) is 4.79 Å². The fourth-order valence-electron chi connectivity index (χ4n) is 2.62. The van der Waals surface area contributed by atoms with Crippen LogP contribution in [0.3, 0.4) is 0 Å². The van der Waals surface area contributed by atoms with E-state index in [1.807, 2.05) is 24.3 Å². The van der Waals surface area contributed by atoms with E-state index in [2.05, 4.69) is 24.1 Å². The van der Waals surface area contributed by atoms with Crippen molar-refractivity contribution in [2.45, 2.75) is 19.8 Å². The molecule has 0 spiro atoms. The summed E-state index contributed by atoms with van der Waals surface area (Å²) >= 11 is 0. The van der Waals surface area contributed by atoms with Gasteiger partial charge in [0, 0.05) is 11.6 Å². The van der Waals surface area contributed by atoms with Gasteiger partial charge < -0.3 is 14.8 Å². The molecule has 2 aromatic carbocycles. The number of nitrogens with zero attached hydrogens (tertiary/aromatic N) is 1. The molecule has 0 unspecified atom stereocenters. The molecule has 3 aromatic rings. The molecule has 5 heteroatoms. The lowest BCUT2D eigenvalue weighted by atomic mass is 10.0. The van der Waals surface area contributed by atoms with E-state index in [0.29, 0.717) is 28.8 Å². The standard InChI is InChI=1S/C22H22N2O3/c1-15(2)19-6-4-5-7-20(19)27-21-13-10-17(14-23-21)24-22(25)16-8-11-18(26-3)12-9-16/h4-15H,1-3H3,(H,24,25). The number of amides is 1. The van der Waals surface area contributed by atoms with Gasteiger partial charge in [-0.05, 0) is 47.9 Å². The van der Waals surface area contributed by atoms with Crippen LogP contribution in [0.5, 0.6) is 17.4 Å². The minimum atomic E-state index is -0.210. The van der Waals surface area contributed by atoms with Crippen molar-refractivity contribution < 1.29 is 14.3 Å². The maximum atomic E-state index is 12.3. The molecule has 1 amide bonds. The Kier molecular flexibility index (Phi) is 5.71. The number of anilines is 1.